The molecule has 0 saturated heterocycles. The third kappa shape index (κ3) is 3.82. The molecule has 0 aliphatic rings. The molecule has 0 fully saturated rings. The largest absolute Gasteiger partial charge is 0.495 e. The van der Waals surface area contributed by atoms with Gasteiger partial charge in [-0.05, 0) is 24.3 Å². The molecule has 0 bridgehead atoms. The SMILES string of the molecule is COc1ccsc1C(=O)NCCCCn1ccnc1. The molecule has 2 heterocycles. The van der Waals surface area contributed by atoms with Crippen LogP contribution in [-0.4, -0.2) is 29.1 Å². The molecule has 0 atom stereocenters. The summed E-state index contributed by atoms with van der Waals surface area (Å²) in [5.41, 5.74) is 0. The maximum absolute atomic E-state index is 11.9. The van der Waals surface area contributed by atoms with Crippen LogP contribution in [0.4, 0.5) is 0 Å². The number of aryl methyl sites for hydroxylation is 1. The van der Waals surface area contributed by atoms with Crippen molar-refractivity contribution in [3.8, 4) is 5.75 Å². The van der Waals surface area contributed by atoms with E-state index in [9.17, 15) is 4.79 Å². The molecule has 0 aliphatic carbocycles. The minimum Gasteiger partial charge on any atom is -0.495 e. The van der Waals surface area contributed by atoms with Crippen molar-refractivity contribution in [2.75, 3.05) is 13.7 Å². The third-order valence-electron chi connectivity index (χ3n) is 2.74. The first-order valence-electron chi connectivity index (χ1n) is 6.16. The Kier molecular flexibility index (Phi) is 4.97. The van der Waals surface area contributed by atoms with Crippen molar-refractivity contribution < 1.29 is 9.53 Å². The number of ether oxygens (including phenoxy) is 1. The minimum absolute atomic E-state index is 0.0607. The van der Waals surface area contributed by atoms with Gasteiger partial charge >= 0.3 is 0 Å². The van der Waals surface area contributed by atoms with Gasteiger partial charge in [0.25, 0.3) is 5.91 Å². The van der Waals surface area contributed by atoms with Crippen molar-refractivity contribution >= 4 is 17.2 Å². The number of carbonyl (C=O) groups excluding carboxylic acids is 1. The fraction of sp³-hybridized carbons (Fsp3) is 0.385. The normalized spacial score (nSPS) is 10.4. The van der Waals surface area contributed by atoms with E-state index in [4.69, 9.17) is 4.74 Å². The van der Waals surface area contributed by atoms with Gasteiger partial charge in [0, 0.05) is 25.5 Å². The van der Waals surface area contributed by atoms with Crippen molar-refractivity contribution in [3.05, 3.63) is 35.0 Å². The van der Waals surface area contributed by atoms with Crippen molar-refractivity contribution in [2.24, 2.45) is 0 Å². The molecule has 0 spiro atoms. The van der Waals surface area contributed by atoms with E-state index in [1.807, 2.05) is 16.1 Å². The van der Waals surface area contributed by atoms with Crippen molar-refractivity contribution in [1.82, 2.24) is 14.9 Å². The average Bonchev–Trinajstić information content (AvgIpc) is 3.08. The van der Waals surface area contributed by atoms with Crippen LogP contribution in [0.25, 0.3) is 0 Å². The molecule has 0 radical (unpaired) electrons. The lowest BCUT2D eigenvalue weighted by Crippen LogP contribution is -2.24. The summed E-state index contributed by atoms with van der Waals surface area (Å²) in [5.74, 6) is 0.579. The zero-order valence-electron chi connectivity index (χ0n) is 10.8. The van der Waals surface area contributed by atoms with E-state index in [0.29, 0.717) is 17.2 Å². The highest BCUT2D eigenvalue weighted by atomic mass is 32.1. The van der Waals surface area contributed by atoms with E-state index in [2.05, 4.69) is 10.3 Å². The number of hydrogen-bond donors (Lipinski definition) is 1. The molecule has 1 N–H and O–H groups in total. The lowest BCUT2D eigenvalue weighted by molar-refractivity contribution is 0.0954. The van der Waals surface area contributed by atoms with E-state index >= 15 is 0 Å². The van der Waals surface area contributed by atoms with E-state index in [1.54, 1.807) is 25.7 Å². The molecule has 0 unspecified atom stereocenters. The summed E-state index contributed by atoms with van der Waals surface area (Å²) in [4.78, 5) is 16.5. The standard InChI is InChI=1S/C13H17N3O2S/c1-18-11-4-9-19-12(11)13(17)15-5-2-3-7-16-8-6-14-10-16/h4,6,8-10H,2-3,5,7H2,1H3,(H,15,17). The van der Waals surface area contributed by atoms with Crippen LogP contribution in [0.2, 0.25) is 0 Å². The van der Waals surface area contributed by atoms with Crippen LogP contribution in [-0.2, 0) is 6.54 Å². The number of rotatable bonds is 7. The summed E-state index contributed by atoms with van der Waals surface area (Å²) in [6.45, 7) is 1.60. The zero-order chi connectivity index (χ0) is 13.5. The summed E-state index contributed by atoms with van der Waals surface area (Å²) in [5, 5.41) is 4.76. The predicted molar refractivity (Wildman–Crippen MR) is 74.7 cm³/mol. The first kappa shape index (κ1) is 13.6. The number of carbonyl (C=O) groups is 1. The Morgan fingerprint density at radius 2 is 2.42 bits per heavy atom. The van der Waals surface area contributed by atoms with Gasteiger partial charge in [-0.2, -0.15) is 0 Å². The molecule has 2 rings (SSSR count). The van der Waals surface area contributed by atoms with Gasteiger partial charge < -0.3 is 14.6 Å². The van der Waals surface area contributed by atoms with Crippen molar-refractivity contribution in [3.63, 3.8) is 0 Å². The van der Waals surface area contributed by atoms with E-state index < -0.39 is 0 Å². The second-order valence-electron chi connectivity index (χ2n) is 4.08. The lowest BCUT2D eigenvalue weighted by atomic mass is 10.3. The number of unbranched alkanes of at least 4 members (excludes halogenated alkanes) is 1. The van der Waals surface area contributed by atoms with Gasteiger partial charge in [0.15, 0.2) is 0 Å². The number of methoxy groups -OCH3 is 1. The Hall–Kier alpha value is -1.82. The van der Waals surface area contributed by atoms with Gasteiger partial charge in [0.2, 0.25) is 0 Å². The Morgan fingerprint density at radius 3 is 3.16 bits per heavy atom. The number of nitrogens with zero attached hydrogens (tertiary/aromatic N) is 2. The average molecular weight is 279 g/mol. The van der Waals surface area contributed by atoms with Gasteiger partial charge in [0.1, 0.15) is 10.6 Å². The maximum atomic E-state index is 11.9. The molecule has 1 amide bonds. The van der Waals surface area contributed by atoms with E-state index in [0.717, 1.165) is 19.4 Å². The molecule has 19 heavy (non-hydrogen) atoms. The highest BCUT2D eigenvalue weighted by Crippen LogP contribution is 2.23. The molecular weight excluding hydrogens is 262 g/mol. The maximum Gasteiger partial charge on any atom is 0.265 e. The van der Waals surface area contributed by atoms with Crippen molar-refractivity contribution in [2.45, 2.75) is 19.4 Å². The molecular formula is C13H17N3O2S. The molecule has 2 aromatic rings. The number of hydrogen-bond acceptors (Lipinski definition) is 4. The van der Waals surface area contributed by atoms with Crippen LogP contribution in [0.1, 0.15) is 22.5 Å². The van der Waals surface area contributed by atoms with E-state index in [-0.39, 0.29) is 5.91 Å². The van der Waals surface area contributed by atoms with Crippen LogP contribution in [0, 0.1) is 0 Å². The lowest BCUT2D eigenvalue weighted by Gasteiger charge is -2.06. The second kappa shape index (κ2) is 6.94. The Bertz CT molecular complexity index is 508. The van der Waals surface area contributed by atoms with Gasteiger partial charge in [-0.25, -0.2) is 4.98 Å². The smallest absolute Gasteiger partial charge is 0.265 e. The number of amides is 1. The summed E-state index contributed by atoms with van der Waals surface area (Å²) < 4.78 is 7.15. The molecule has 0 saturated carbocycles. The highest BCUT2D eigenvalue weighted by Gasteiger charge is 2.12. The Morgan fingerprint density at radius 1 is 1.53 bits per heavy atom. The summed E-state index contributed by atoms with van der Waals surface area (Å²) in [6.07, 6.45) is 7.46. The fourth-order valence-electron chi connectivity index (χ4n) is 1.74. The van der Waals surface area contributed by atoms with Crippen LogP contribution in [0.3, 0.4) is 0 Å². The summed E-state index contributed by atoms with van der Waals surface area (Å²) in [6, 6.07) is 1.80. The summed E-state index contributed by atoms with van der Waals surface area (Å²) in [7, 11) is 1.57. The molecule has 5 nitrogen and oxygen atoms in total. The number of aromatic nitrogens is 2. The Balaban J connectivity index is 1.67. The van der Waals surface area contributed by atoms with Gasteiger partial charge in [0.05, 0.1) is 13.4 Å². The molecule has 6 heteroatoms. The molecule has 0 aromatic carbocycles. The van der Waals surface area contributed by atoms with Crippen LogP contribution in [0.15, 0.2) is 30.2 Å². The highest BCUT2D eigenvalue weighted by molar-refractivity contribution is 7.12. The monoisotopic (exact) mass is 279 g/mol. The van der Waals surface area contributed by atoms with Gasteiger partial charge in [-0.15, -0.1) is 11.3 Å². The zero-order valence-corrected chi connectivity index (χ0v) is 11.7. The predicted octanol–water partition coefficient (Wildman–Crippen LogP) is 2.16. The minimum atomic E-state index is -0.0607. The number of imidazole rings is 1. The van der Waals surface area contributed by atoms with Crippen LogP contribution >= 0.6 is 11.3 Å². The second-order valence-corrected chi connectivity index (χ2v) is 5.00. The van der Waals surface area contributed by atoms with Crippen LogP contribution in [0.5, 0.6) is 5.75 Å². The van der Waals surface area contributed by atoms with Gasteiger partial charge in [-0.3, -0.25) is 4.79 Å². The molecule has 2 aromatic heterocycles. The Labute approximate surface area is 116 Å². The third-order valence-corrected chi connectivity index (χ3v) is 3.64. The summed E-state index contributed by atoms with van der Waals surface area (Å²) >= 11 is 1.39. The number of thiophene rings is 1. The van der Waals surface area contributed by atoms with Crippen LogP contribution < -0.4 is 10.1 Å². The van der Waals surface area contributed by atoms with Crippen molar-refractivity contribution in [1.29, 1.82) is 0 Å². The number of nitrogens with one attached hydrogen (secondary N) is 1. The molecule has 102 valence electrons. The first-order valence-corrected chi connectivity index (χ1v) is 7.04. The van der Waals surface area contributed by atoms with Gasteiger partial charge in [-0.1, -0.05) is 0 Å². The first-order chi connectivity index (χ1) is 9.31. The van der Waals surface area contributed by atoms with E-state index in [1.165, 1.54) is 11.3 Å². The molecule has 0 aliphatic heterocycles. The quantitative estimate of drug-likeness (QED) is 0.790. The fourth-order valence-corrected chi connectivity index (χ4v) is 2.52. The topological polar surface area (TPSA) is 56.1 Å².